The smallest absolute Gasteiger partial charge is 0.229 e. The Bertz CT molecular complexity index is 1430. The van der Waals surface area contributed by atoms with Gasteiger partial charge in [0.05, 0.1) is 31.2 Å². The summed E-state index contributed by atoms with van der Waals surface area (Å²) in [5.41, 5.74) is 4.68. The first-order chi connectivity index (χ1) is 18.4. The van der Waals surface area contributed by atoms with Crippen molar-refractivity contribution in [1.82, 2.24) is 29.3 Å². The summed E-state index contributed by atoms with van der Waals surface area (Å²) in [6, 6.07) is 10.2. The third-order valence-corrected chi connectivity index (χ3v) is 7.22. The van der Waals surface area contributed by atoms with Crippen LogP contribution in [0.3, 0.4) is 0 Å². The molecule has 0 aliphatic carbocycles. The maximum atomic E-state index is 11.6. The molecule has 1 aromatic carbocycles. The van der Waals surface area contributed by atoms with Crippen LogP contribution in [-0.2, 0) is 24.4 Å². The molecule has 198 valence electrons. The molecule has 0 spiro atoms. The number of anilines is 4. The van der Waals surface area contributed by atoms with E-state index in [0.29, 0.717) is 18.1 Å². The lowest BCUT2D eigenvalue weighted by Crippen LogP contribution is -2.48. The van der Waals surface area contributed by atoms with E-state index in [0.717, 1.165) is 74.3 Å². The molecule has 2 aliphatic heterocycles. The molecule has 11 nitrogen and oxygen atoms in total. The lowest BCUT2D eigenvalue weighted by atomic mass is 10.2. The number of furan rings is 1. The Morgan fingerprint density at radius 1 is 1.00 bits per heavy atom. The van der Waals surface area contributed by atoms with Crippen molar-refractivity contribution in [3.8, 4) is 0 Å². The summed E-state index contributed by atoms with van der Waals surface area (Å²) < 4.78 is 8.11. The van der Waals surface area contributed by atoms with Crippen molar-refractivity contribution in [3.05, 3.63) is 54.3 Å². The summed E-state index contributed by atoms with van der Waals surface area (Å²) in [4.78, 5) is 34.4. The van der Waals surface area contributed by atoms with Gasteiger partial charge in [-0.15, -0.1) is 0 Å². The zero-order valence-electron chi connectivity index (χ0n) is 22.1. The topological polar surface area (TPSA) is 98.8 Å². The van der Waals surface area contributed by atoms with E-state index in [1.54, 1.807) is 13.2 Å². The van der Waals surface area contributed by atoms with Crippen molar-refractivity contribution in [1.29, 1.82) is 0 Å². The number of imidazole rings is 1. The molecule has 6 rings (SSSR count). The first kappa shape index (κ1) is 24.2. The highest BCUT2D eigenvalue weighted by Crippen LogP contribution is 2.30. The Labute approximate surface area is 221 Å². The minimum Gasteiger partial charge on any atom is -0.459 e. The fourth-order valence-corrected chi connectivity index (χ4v) is 5.22. The molecule has 1 saturated heterocycles. The molecule has 0 bridgehead atoms. The van der Waals surface area contributed by atoms with Crippen LogP contribution in [0.4, 0.5) is 23.1 Å². The molecule has 1 amide bonds. The number of amides is 1. The second kappa shape index (κ2) is 9.97. The first-order valence-electron chi connectivity index (χ1n) is 13.0. The maximum Gasteiger partial charge on any atom is 0.229 e. The Morgan fingerprint density at radius 2 is 1.76 bits per heavy atom. The van der Waals surface area contributed by atoms with E-state index in [9.17, 15) is 4.79 Å². The molecule has 3 aromatic heterocycles. The van der Waals surface area contributed by atoms with Gasteiger partial charge in [-0.05, 0) is 38.4 Å². The second-order valence-electron chi connectivity index (χ2n) is 10.1. The van der Waals surface area contributed by atoms with E-state index in [4.69, 9.17) is 14.4 Å². The molecule has 11 heteroatoms. The zero-order valence-corrected chi connectivity index (χ0v) is 22.1. The van der Waals surface area contributed by atoms with Crippen molar-refractivity contribution < 1.29 is 9.21 Å². The number of benzene rings is 1. The van der Waals surface area contributed by atoms with Crippen LogP contribution in [0.5, 0.6) is 0 Å². The average molecular weight is 516 g/mol. The van der Waals surface area contributed by atoms with Crippen molar-refractivity contribution in [2.24, 2.45) is 0 Å². The van der Waals surface area contributed by atoms with Crippen LogP contribution in [-0.4, -0.2) is 82.0 Å². The zero-order chi connectivity index (χ0) is 26.2. The second-order valence-corrected chi connectivity index (χ2v) is 10.1. The van der Waals surface area contributed by atoms with Gasteiger partial charge in [0.15, 0.2) is 11.4 Å². The van der Waals surface area contributed by atoms with E-state index >= 15 is 0 Å². The van der Waals surface area contributed by atoms with Crippen molar-refractivity contribution >= 4 is 40.1 Å². The van der Waals surface area contributed by atoms with Gasteiger partial charge >= 0.3 is 0 Å². The number of aromatic nitrogens is 4. The predicted molar refractivity (Wildman–Crippen MR) is 147 cm³/mol. The minimum absolute atomic E-state index is 0.141. The number of hydrogen-bond donors (Lipinski definition) is 1. The lowest BCUT2D eigenvalue weighted by molar-refractivity contribution is -0.129. The van der Waals surface area contributed by atoms with Crippen LogP contribution >= 0.6 is 0 Å². The standard InChI is InChI=1S/C27H33N9O2/c1-19(37)33-9-11-34(12-10-33)21-6-4-20(5-7-21)29-27-30-23-8-15-38-25(23)26(31-27)35-13-14-36-22(17-35)16-28-24(36)18-32(2)3/h4-8,15-16H,9-14,17-18H2,1-3H3,(H,29,30,31). The fraction of sp³-hybridized carbons (Fsp3) is 0.407. The van der Waals surface area contributed by atoms with E-state index in [-0.39, 0.29) is 5.91 Å². The largest absolute Gasteiger partial charge is 0.459 e. The number of carbonyl (C=O) groups excluding carboxylic acids is 1. The third-order valence-electron chi connectivity index (χ3n) is 7.22. The van der Waals surface area contributed by atoms with Crippen LogP contribution in [0.25, 0.3) is 11.1 Å². The minimum atomic E-state index is 0.141. The number of fused-ring (bicyclic) bond motifs is 2. The van der Waals surface area contributed by atoms with E-state index < -0.39 is 0 Å². The molecule has 5 heterocycles. The van der Waals surface area contributed by atoms with Crippen molar-refractivity contribution in [3.63, 3.8) is 0 Å². The monoisotopic (exact) mass is 515 g/mol. The Kier molecular flexibility index (Phi) is 6.36. The van der Waals surface area contributed by atoms with Gasteiger partial charge < -0.3 is 33.9 Å². The highest BCUT2D eigenvalue weighted by Gasteiger charge is 2.24. The summed E-state index contributed by atoms with van der Waals surface area (Å²) in [6.45, 7) is 7.98. The predicted octanol–water partition coefficient (Wildman–Crippen LogP) is 2.91. The van der Waals surface area contributed by atoms with Gasteiger partial charge in [0.25, 0.3) is 0 Å². The number of piperazine rings is 1. The SMILES string of the molecule is CC(=O)N1CCN(c2ccc(Nc3nc(N4CCn5c(cnc5CN(C)C)C4)c4occc4n3)cc2)CC1. The average Bonchev–Trinajstić information content (AvgIpc) is 3.55. The van der Waals surface area contributed by atoms with Crippen LogP contribution < -0.4 is 15.1 Å². The highest BCUT2D eigenvalue weighted by molar-refractivity contribution is 5.85. The number of hydrogen-bond acceptors (Lipinski definition) is 9. The Balaban J connectivity index is 1.19. The van der Waals surface area contributed by atoms with Gasteiger partial charge in [-0.25, -0.2) is 9.97 Å². The molecular formula is C27H33N9O2. The Hall–Kier alpha value is -4.12. The van der Waals surface area contributed by atoms with Crippen LogP contribution in [0.15, 0.2) is 47.2 Å². The van der Waals surface area contributed by atoms with E-state index in [2.05, 4.69) is 55.8 Å². The molecule has 0 saturated carbocycles. The van der Waals surface area contributed by atoms with Gasteiger partial charge in [0.2, 0.25) is 11.9 Å². The van der Waals surface area contributed by atoms with Gasteiger partial charge in [-0.2, -0.15) is 4.98 Å². The van der Waals surface area contributed by atoms with Gasteiger partial charge in [0.1, 0.15) is 11.3 Å². The first-order valence-corrected chi connectivity index (χ1v) is 13.0. The molecule has 0 unspecified atom stereocenters. The Morgan fingerprint density at radius 3 is 2.50 bits per heavy atom. The molecule has 0 radical (unpaired) electrons. The summed E-state index contributed by atoms with van der Waals surface area (Å²) in [6.07, 6.45) is 3.63. The van der Waals surface area contributed by atoms with Crippen molar-refractivity contribution in [2.75, 3.05) is 61.9 Å². The molecule has 1 fully saturated rings. The fourth-order valence-electron chi connectivity index (χ4n) is 5.22. The number of nitrogens with zero attached hydrogens (tertiary/aromatic N) is 8. The van der Waals surface area contributed by atoms with Crippen molar-refractivity contribution in [2.45, 2.75) is 26.6 Å². The summed E-state index contributed by atoms with van der Waals surface area (Å²) in [5, 5.41) is 3.38. The summed E-state index contributed by atoms with van der Waals surface area (Å²) in [5.74, 6) is 2.54. The van der Waals surface area contributed by atoms with E-state index in [1.807, 2.05) is 29.3 Å². The van der Waals surface area contributed by atoms with Gasteiger partial charge in [-0.1, -0.05) is 0 Å². The third kappa shape index (κ3) is 4.76. The molecule has 4 aromatic rings. The van der Waals surface area contributed by atoms with Crippen LogP contribution in [0.2, 0.25) is 0 Å². The molecule has 38 heavy (non-hydrogen) atoms. The quantitative estimate of drug-likeness (QED) is 0.416. The van der Waals surface area contributed by atoms with Crippen LogP contribution in [0, 0.1) is 0 Å². The van der Waals surface area contributed by atoms with E-state index in [1.165, 1.54) is 5.69 Å². The molecule has 1 N–H and O–H groups in total. The molecular weight excluding hydrogens is 482 g/mol. The maximum absolute atomic E-state index is 11.6. The molecule has 0 atom stereocenters. The number of carbonyl (C=O) groups is 1. The summed E-state index contributed by atoms with van der Waals surface area (Å²) >= 11 is 0. The van der Waals surface area contributed by atoms with Gasteiger partial charge in [-0.3, -0.25) is 4.79 Å². The summed E-state index contributed by atoms with van der Waals surface area (Å²) in [7, 11) is 4.12. The highest BCUT2D eigenvalue weighted by atomic mass is 16.3. The normalized spacial score (nSPS) is 15.8. The number of nitrogens with one attached hydrogen (secondary N) is 1. The van der Waals surface area contributed by atoms with Crippen LogP contribution in [0.1, 0.15) is 18.4 Å². The van der Waals surface area contributed by atoms with Gasteiger partial charge in [0, 0.05) is 63.6 Å². The lowest BCUT2D eigenvalue weighted by Gasteiger charge is -2.35. The number of rotatable bonds is 6. The molecule has 2 aliphatic rings.